The Bertz CT molecular complexity index is 823. The van der Waals surface area contributed by atoms with Crippen LogP contribution in [0.3, 0.4) is 0 Å². The molecule has 8 nitrogen and oxygen atoms in total. The Balaban J connectivity index is 2.29. The minimum Gasteiger partial charge on any atom is -0.493 e. The second kappa shape index (κ2) is 10.1. The van der Waals surface area contributed by atoms with Gasteiger partial charge in [0.15, 0.2) is 29.6 Å². The molecule has 0 aromatic heterocycles. The van der Waals surface area contributed by atoms with Gasteiger partial charge in [0.1, 0.15) is 0 Å². The third kappa shape index (κ3) is 5.08. The molecule has 2 aromatic rings. The molecule has 0 radical (unpaired) electrons. The fourth-order valence-electron chi connectivity index (χ4n) is 2.48. The molecule has 0 fully saturated rings. The fraction of sp³-hybridized carbons (Fsp3) is 0.250. The van der Waals surface area contributed by atoms with Crippen LogP contribution in [0.4, 0.5) is 0 Å². The monoisotopic (exact) mass is 389 g/mol. The zero-order valence-corrected chi connectivity index (χ0v) is 16.1. The van der Waals surface area contributed by atoms with E-state index in [4.69, 9.17) is 28.9 Å². The van der Waals surface area contributed by atoms with Crippen molar-refractivity contribution in [2.75, 3.05) is 35.0 Å². The maximum atomic E-state index is 11.2. The Kier molecular flexibility index (Phi) is 7.53. The topological polar surface area (TPSA) is 95.5 Å². The van der Waals surface area contributed by atoms with Crippen LogP contribution in [0.5, 0.6) is 28.7 Å². The molecule has 0 unspecified atom stereocenters. The SMILES string of the molecule is COc1ccc(/C=C\c2cc(OC)c(OC)c(OC)c2)cc1OCC(=O)NO. The molecule has 0 aliphatic heterocycles. The van der Waals surface area contributed by atoms with Crippen molar-refractivity contribution in [2.24, 2.45) is 0 Å². The van der Waals surface area contributed by atoms with Crippen LogP contribution in [-0.2, 0) is 4.79 Å². The molecule has 2 N–H and O–H groups in total. The molecule has 1 amide bonds. The predicted octanol–water partition coefficient (Wildman–Crippen LogP) is 2.78. The van der Waals surface area contributed by atoms with Crippen molar-refractivity contribution in [2.45, 2.75) is 0 Å². The Labute approximate surface area is 163 Å². The average Bonchev–Trinajstić information content (AvgIpc) is 2.74. The van der Waals surface area contributed by atoms with Crippen LogP contribution in [0.2, 0.25) is 0 Å². The van der Waals surface area contributed by atoms with Gasteiger partial charge in [-0.3, -0.25) is 10.0 Å². The van der Waals surface area contributed by atoms with Crippen molar-refractivity contribution < 1.29 is 33.7 Å². The van der Waals surface area contributed by atoms with Gasteiger partial charge in [0.25, 0.3) is 5.91 Å². The number of ether oxygens (including phenoxy) is 5. The van der Waals surface area contributed by atoms with Crippen molar-refractivity contribution in [3.63, 3.8) is 0 Å². The molecule has 28 heavy (non-hydrogen) atoms. The first-order valence-corrected chi connectivity index (χ1v) is 8.28. The smallest absolute Gasteiger partial charge is 0.281 e. The zero-order valence-electron chi connectivity index (χ0n) is 16.1. The number of carbonyl (C=O) groups excluding carboxylic acids is 1. The predicted molar refractivity (Wildman–Crippen MR) is 103 cm³/mol. The number of nitrogens with one attached hydrogen (secondary N) is 1. The fourth-order valence-corrected chi connectivity index (χ4v) is 2.48. The summed E-state index contributed by atoms with van der Waals surface area (Å²) < 4.78 is 26.6. The van der Waals surface area contributed by atoms with E-state index < -0.39 is 5.91 Å². The summed E-state index contributed by atoms with van der Waals surface area (Å²) in [4.78, 5) is 11.2. The highest BCUT2D eigenvalue weighted by molar-refractivity contribution is 5.76. The molecule has 150 valence electrons. The van der Waals surface area contributed by atoms with Crippen LogP contribution in [0.25, 0.3) is 12.2 Å². The standard InChI is InChI=1S/C20H23NO7/c1-24-15-8-7-13(9-16(15)28-12-19(22)21-23)5-6-14-10-17(25-2)20(27-4)18(11-14)26-3/h5-11,23H,12H2,1-4H3,(H,21,22)/b6-5-. The van der Waals surface area contributed by atoms with Gasteiger partial charge in [0.05, 0.1) is 28.4 Å². The summed E-state index contributed by atoms with van der Waals surface area (Å²) in [6, 6.07) is 8.93. The second-order valence-electron chi connectivity index (χ2n) is 5.53. The van der Waals surface area contributed by atoms with Gasteiger partial charge in [-0.2, -0.15) is 0 Å². The lowest BCUT2D eigenvalue weighted by atomic mass is 10.1. The van der Waals surface area contributed by atoms with Crippen LogP contribution < -0.4 is 29.2 Å². The van der Waals surface area contributed by atoms with E-state index in [1.54, 1.807) is 33.5 Å². The van der Waals surface area contributed by atoms with Gasteiger partial charge in [0, 0.05) is 0 Å². The quantitative estimate of drug-likeness (QED) is 0.387. The van der Waals surface area contributed by atoms with E-state index in [9.17, 15) is 4.79 Å². The van der Waals surface area contributed by atoms with Gasteiger partial charge in [-0.05, 0) is 35.4 Å². The molecule has 2 aromatic carbocycles. The molecule has 0 aliphatic carbocycles. The summed E-state index contributed by atoms with van der Waals surface area (Å²) in [5, 5.41) is 8.58. The summed E-state index contributed by atoms with van der Waals surface area (Å²) in [7, 11) is 6.16. The average molecular weight is 389 g/mol. The van der Waals surface area contributed by atoms with E-state index in [2.05, 4.69) is 0 Å². The number of methoxy groups -OCH3 is 4. The van der Waals surface area contributed by atoms with Crippen molar-refractivity contribution in [1.29, 1.82) is 0 Å². The third-order valence-corrected chi connectivity index (χ3v) is 3.83. The Morgan fingerprint density at radius 1 is 0.857 bits per heavy atom. The van der Waals surface area contributed by atoms with Crippen LogP contribution in [0.1, 0.15) is 11.1 Å². The van der Waals surface area contributed by atoms with Crippen LogP contribution in [-0.4, -0.2) is 46.2 Å². The van der Waals surface area contributed by atoms with Gasteiger partial charge in [0.2, 0.25) is 5.75 Å². The molecular formula is C20H23NO7. The van der Waals surface area contributed by atoms with E-state index in [1.807, 2.05) is 30.4 Å². The van der Waals surface area contributed by atoms with Crippen molar-refractivity contribution >= 4 is 18.1 Å². The number of benzene rings is 2. The Hall–Kier alpha value is -3.39. The van der Waals surface area contributed by atoms with Gasteiger partial charge < -0.3 is 23.7 Å². The number of amides is 1. The first-order chi connectivity index (χ1) is 13.6. The summed E-state index contributed by atoms with van der Waals surface area (Å²) in [5.74, 6) is 1.80. The van der Waals surface area contributed by atoms with E-state index in [1.165, 1.54) is 12.6 Å². The Morgan fingerprint density at radius 2 is 1.43 bits per heavy atom. The van der Waals surface area contributed by atoms with Crippen LogP contribution in [0.15, 0.2) is 30.3 Å². The van der Waals surface area contributed by atoms with Gasteiger partial charge in [-0.15, -0.1) is 0 Å². The molecule has 0 saturated heterocycles. The molecule has 0 atom stereocenters. The zero-order chi connectivity index (χ0) is 20.5. The lowest BCUT2D eigenvalue weighted by molar-refractivity contribution is -0.131. The van der Waals surface area contributed by atoms with E-state index in [0.717, 1.165) is 11.1 Å². The Morgan fingerprint density at radius 3 is 1.96 bits per heavy atom. The number of hydroxylamine groups is 1. The van der Waals surface area contributed by atoms with E-state index in [-0.39, 0.29) is 6.61 Å². The van der Waals surface area contributed by atoms with Crippen molar-refractivity contribution in [3.05, 3.63) is 41.5 Å². The minimum atomic E-state index is -0.666. The molecule has 0 spiro atoms. The lowest BCUT2D eigenvalue weighted by Gasteiger charge is -2.13. The highest BCUT2D eigenvalue weighted by Crippen LogP contribution is 2.38. The number of carbonyl (C=O) groups is 1. The second-order valence-corrected chi connectivity index (χ2v) is 5.53. The molecule has 2 rings (SSSR count). The summed E-state index contributed by atoms with van der Waals surface area (Å²) in [6.45, 7) is -0.340. The maximum absolute atomic E-state index is 11.2. The minimum absolute atomic E-state index is 0.340. The van der Waals surface area contributed by atoms with Crippen LogP contribution in [0, 0.1) is 0 Å². The maximum Gasteiger partial charge on any atom is 0.281 e. The third-order valence-electron chi connectivity index (χ3n) is 3.83. The number of hydrogen-bond acceptors (Lipinski definition) is 7. The molecule has 0 aliphatic rings. The lowest BCUT2D eigenvalue weighted by Crippen LogP contribution is -2.25. The molecular weight excluding hydrogens is 366 g/mol. The largest absolute Gasteiger partial charge is 0.493 e. The summed E-state index contributed by atoms with van der Waals surface area (Å²) >= 11 is 0. The first-order valence-electron chi connectivity index (χ1n) is 8.28. The van der Waals surface area contributed by atoms with Crippen molar-refractivity contribution in [1.82, 2.24) is 5.48 Å². The molecule has 0 bridgehead atoms. The van der Waals surface area contributed by atoms with Crippen LogP contribution >= 0.6 is 0 Å². The normalized spacial score (nSPS) is 10.5. The number of rotatable bonds is 9. The number of hydrogen-bond donors (Lipinski definition) is 2. The first kappa shape index (κ1) is 20.9. The summed E-state index contributed by atoms with van der Waals surface area (Å²) in [5.41, 5.74) is 3.17. The molecule has 0 saturated carbocycles. The van der Waals surface area contributed by atoms with E-state index >= 15 is 0 Å². The molecule has 0 heterocycles. The summed E-state index contributed by atoms with van der Waals surface area (Å²) in [6.07, 6.45) is 3.73. The highest BCUT2D eigenvalue weighted by atomic mass is 16.5. The van der Waals surface area contributed by atoms with Gasteiger partial charge in [-0.1, -0.05) is 18.2 Å². The van der Waals surface area contributed by atoms with E-state index in [0.29, 0.717) is 28.7 Å². The van der Waals surface area contributed by atoms with Crippen molar-refractivity contribution in [3.8, 4) is 28.7 Å². The van der Waals surface area contributed by atoms with Gasteiger partial charge in [-0.25, -0.2) is 5.48 Å². The van der Waals surface area contributed by atoms with Gasteiger partial charge >= 0.3 is 0 Å². The molecule has 8 heteroatoms. The highest BCUT2D eigenvalue weighted by Gasteiger charge is 2.12.